The van der Waals surface area contributed by atoms with Crippen molar-refractivity contribution < 1.29 is 4.79 Å². The number of thioether (sulfide) groups is 1. The molecule has 160 valence electrons. The lowest BCUT2D eigenvalue weighted by Crippen LogP contribution is -2.08. The van der Waals surface area contributed by atoms with Gasteiger partial charge in [-0.15, -0.1) is 21.5 Å². The van der Waals surface area contributed by atoms with Gasteiger partial charge < -0.3 is 9.13 Å². The molecule has 5 nitrogen and oxygen atoms in total. The van der Waals surface area contributed by atoms with Crippen LogP contribution < -0.4 is 0 Å². The quantitative estimate of drug-likeness (QED) is 0.263. The average molecular weight is 451 g/mol. The number of nitrogens with zero attached hydrogens (tertiary/aromatic N) is 4. The van der Waals surface area contributed by atoms with Gasteiger partial charge in [-0.25, -0.2) is 0 Å². The summed E-state index contributed by atoms with van der Waals surface area (Å²) in [6.07, 6.45) is 0.983. The van der Waals surface area contributed by atoms with E-state index in [2.05, 4.69) is 52.2 Å². The Labute approximate surface area is 191 Å². The number of hydrogen-bond donors (Lipinski definition) is 0. The number of ketones is 1. The van der Waals surface area contributed by atoms with E-state index >= 15 is 0 Å². The molecular formula is C24H26N4OS2. The largest absolute Gasteiger partial charge is 0.348 e. The Bertz CT molecular complexity index is 1200. The zero-order chi connectivity index (χ0) is 22.0. The first-order chi connectivity index (χ1) is 15.0. The minimum Gasteiger partial charge on any atom is -0.348 e. The van der Waals surface area contributed by atoms with Crippen LogP contribution in [-0.2, 0) is 20.0 Å². The van der Waals surface area contributed by atoms with Crippen LogP contribution in [0.1, 0.15) is 32.2 Å². The molecule has 0 bridgehead atoms. The highest BCUT2D eigenvalue weighted by molar-refractivity contribution is 7.99. The summed E-state index contributed by atoms with van der Waals surface area (Å²) in [5, 5.41) is 11.5. The predicted octanol–water partition coefficient (Wildman–Crippen LogP) is 5.49. The van der Waals surface area contributed by atoms with Crippen LogP contribution in [0.25, 0.3) is 11.4 Å². The molecule has 4 aromatic rings. The minimum atomic E-state index is 0.126. The van der Waals surface area contributed by atoms with Gasteiger partial charge in [0, 0.05) is 41.0 Å². The molecule has 0 N–H and O–H groups in total. The van der Waals surface area contributed by atoms with Crippen LogP contribution >= 0.6 is 23.1 Å². The number of hydrogen-bond acceptors (Lipinski definition) is 5. The number of carbonyl (C=O) groups excluding carboxylic acids is 1. The lowest BCUT2D eigenvalue weighted by Gasteiger charge is -2.09. The number of aromatic nitrogens is 4. The SMILES string of the molecule is Cc1ccccc1-c1nnc(SCC(=O)c2cc(C)n(CCc3cccs3)c2C)n1C. The van der Waals surface area contributed by atoms with Gasteiger partial charge in [-0.1, -0.05) is 42.1 Å². The van der Waals surface area contributed by atoms with E-state index in [0.717, 1.165) is 52.0 Å². The van der Waals surface area contributed by atoms with Crippen LogP contribution in [-0.4, -0.2) is 30.9 Å². The van der Waals surface area contributed by atoms with Crippen LogP contribution in [0.15, 0.2) is 53.0 Å². The third kappa shape index (κ3) is 4.52. The van der Waals surface area contributed by atoms with E-state index in [-0.39, 0.29) is 5.78 Å². The van der Waals surface area contributed by atoms with Crippen molar-refractivity contribution >= 4 is 28.9 Å². The zero-order valence-corrected chi connectivity index (χ0v) is 19.9. The number of Topliss-reactive ketones (excluding diaryl/α,β-unsaturated/α-hetero) is 1. The van der Waals surface area contributed by atoms with E-state index in [1.807, 2.05) is 42.8 Å². The average Bonchev–Trinajstić information content (AvgIpc) is 3.46. The summed E-state index contributed by atoms with van der Waals surface area (Å²) in [5.74, 6) is 1.29. The molecule has 31 heavy (non-hydrogen) atoms. The molecule has 1 aromatic carbocycles. The van der Waals surface area contributed by atoms with Gasteiger partial charge in [0.25, 0.3) is 0 Å². The summed E-state index contributed by atoms with van der Waals surface area (Å²) in [5.41, 5.74) is 5.18. The molecule has 7 heteroatoms. The standard InChI is InChI=1S/C24H26N4OS2/c1-16-8-5-6-10-20(16)23-25-26-24(27(23)4)31-15-22(29)21-14-17(2)28(18(21)3)12-11-19-9-7-13-30-19/h5-10,13-14H,11-12,15H2,1-4H3. The highest BCUT2D eigenvalue weighted by atomic mass is 32.2. The summed E-state index contributed by atoms with van der Waals surface area (Å²) in [6, 6.07) is 14.4. The van der Waals surface area contributed by atoms with Crippen LogP contribution in [0.5, 0.6) is 0 Å². The van der Waals surface area contributed by atoms with Gasteiger partial charge in [0.15, 0.2) is 16.8 Å². The monoisotopic (exact) mass is 450 g/mol. The highest BCUT2D eigenvalue weighted by Crippen LogP contribution is 2.26. The first kappa shape index (κ1) is 21.6. The smallest absolute Gasteiger partial charge is 0.191 e. The van der Waals surface area contributed by atoms with E-state index in [0.29, 0.717) is 5.75 Å². The van der Waals surface area contributed by atoms with E-state index in [4.69, 9.17) is 0 Å². The fourth-order valence-corrected chi connectivity index (χ4v) is 5.30. The highest BCUT2D eigenvalue weighted by Gasteiger charge is 2.18. The fraction of sp³-hybridized carbons (Fsp3) is 0.292. The zero-order valence-electron chi connectivity index (χ0n) is 18.3. The molecule has 0 fully saturated rings. The molecule has 0 atom stereocenters. The lowest BCUT2D eigenvalue weighted by atomic mass is 10.1. The molecule has 0 aliphatic carbocycles. The summed E-state index contributed by atoms with van der Waals surface area (Å²) in [6.45, 7) is 7.07. The molecule has 3 heterocycles. The van der Waals surface area contributed by atoms with E-state index in [1.165, 1.54) is 16.6 Å². The molecule has 0 amide bonds. The van der Waals surface area contributed by atoms with Gasteiger partial charge in [0.1, 0.15) is 0 Å². The molecular weight excluding hydrogens is 424 g/mol. The van der Waals surface area contributed by atoms with Crippen molar-refractivity contribution in [2.45, 2.75) is 38.9 Å². The first-order valence-electron chi connectivity index (χ1n) is 10.3. The third-order valence-corrected chi connectivity index (χ3v) is 7.55. The van der Waals surface area contributed by atoms with Crippen LogP contribution in [0.2, 0.25) is 0 Å². The molecule has 0 aliphatic heterocycles. The molecule has 0 radical (unpaired) electrons. The molecule has 0 spiro atoms. The topological polar surface area (TPSA) is 52.7 Å². The van der Waals surface area contributed by atoms with Crippen molar-refractivity contribution in [2.75, 3.05) is 5.75 Å². The number of carbonyl (C=O) groups is 1. The maximum atomic E-state index is 13.0. The van der Waals surface area contributed by atoms with Crippen LogP contribution in [0.4, 0.5) is 0 Å². The number of thiophene rings is 1. The fourth-order valence-electron chi connectivity index (χ4n) is 3.81. The van der Waals surface area contributed by atoms with Crippen molar-refractivity contribution in [3.8, 4) is 11.4 Å². The molecule has 4 rings (SSSR count). The summed E-state index contributed by atoms with van der Waals surface area (Å²) < 4.78 is 4.21. The Morgan fingerprint density at radius 1 is 1.10 bits per heavy atom. The van der Waals surface area contributed by atoms with Gasteiger partial charge in [0.2, 0.25) is 0 Å². The van der Waals surface area contributed by atoms with Crippen molar-refractivity contribution in [1.82, 2.24) is 19.3 Å². The summed E-state index contributed by atoms with van der Waals surface area (Å²) in [4.78, 5) is 14.4. The Hall–Kier alpha value is -2.64. The predicted molar refractivity (Wildman–Crippen MR) is 128 cm³/mol. The normalized spacial score (nSPS) is 11.2. The van der Waals surface area contributed by atoms with Crippen LogP contribution in [0.3, 0.4) is 0 Å². The Morgan fingerprint density at radius 2 is 1.90 bits per heavy atom. The number of aryl methyl sites for hydroxylation is 3. The molecule has 0 aliphatic rings. The third-order valence-electron chi connectivity index (χ3n) is 5.59. The lowest BCUT2D eigenvalue weighted by molar-refractivity contribution is 0.102. The molecule has 0 unspecified atom stereocenters. The van der Waals surface area contributed by atoms with Gasteiger partial charge in [-0.2, -0.15) is 0 Å². The van der Waals surface area contributed by atoms with Crippen molar-refractivity contribution in [1.29, 1.82) is 0 Å². The summed E-state index contributed by atoms with van der Waals surface area (Å²) >= 11 is 3.22. The molecule has 3 aromatic heterocycles. The summed E-state index contributed by atoms with van der Waals surface area (Å²) in [7, 11) is 1.95. The van der Waals surface area contributed by atoms with Crippen molar-refractivity contribution in [2.24, 2.45) is 7.05 Å². The maximum Gasteiger partial charge on any atom is 0.191 e. The number of rotatable bonds is 8. The molecule has 0 saturated carbocycles. The second kappa shape index (κ2) is 9.24. The van der Waals surface area contributed by atoms with Gasteiger partial charge in [-0.05, 0) is 50.3 Å². The Balaban J connectivity index is 1.45. The Kier molecular flexibility index (Phi) is 6.43. The second-order valence-electron chi connectivity index (χ2n) is 7.66. The van der Waals surface area contributed by atoms with E-state index < -0.39 is 0 Å². The number of benzene rings is 1. The van der Waals surface area contributed by atoms with Crippen molar-refractivity contribution in [3.63, 3.8) is 0 Å². The van der Waals surface area contributed by atoms with Gasteiger partial charge in [0.05, 0.1) is 5.75 Å². The minimum absolute atomic E-state index is 0.126. The maximum absolute atomic E-state index is 13.0. The second-order valence-corrected chi connectivity index (χ2v) is 9.63. The van der Waals surface area contributed by atoms with Gasteiger partial charge >= 0.3 is 0 Å². The van der Waals surface area contributed by atoms with E-state index in [1.54, 1.807) is 11.3 Å². The molecule has 0 saturated heterocycles. The first-order valence-corrected chi connectivity index (χ1v) is 12.1. The van der Waals surface area contributed by atoms with E-state index in [9.17, 15) is 4.79 Å². The van der Waals surface area contributed by atoms with Gasteiger partial charge in [-0.3, -0.25) is 4.79 Å². The van der Waals surface area contributed by atoms with Crippen molar-refractivity contribution in [3.05, 3.63) is 75.2 Å². The Morgan fingerprint density at radius 3 is 2.65 bits per heavy atom. The van der Waals surface area contributed by atoms with Crippen LogP contribution in [0, 0.1) is 20.8 Å².